The Hall–Kier alpha value is -2.01. The summed E-state index contributed by atoms with van der Waals surface area (Å²) >= 11 is 7.14. The molecule has 0 amide bonds. The van der Waals surface area contributed by atoms with Crippen LogP contribution in [0.3, 0.4) is 0 Å². The minimum atomic E-state index is -1.00. The van der Waals surface area contributed by atoms with Gasteiger partial charge in [-0.3, -0.25) is 4.79 Å². The number of imidazole rings is 1. The topological polar surface area (TPSA) is 134 Å². The van der Waals surface area contributed by atoms with Crippen molar-refractivity contribution in [1.82, 2.24) is 15.0 Å². The van der Waals surface area contributed by atoms with Crippen molar-refractivity contribution in [3.05, 3.63) is 27.7 Å². The fraction of sp³-hybridized carbons (Fsp3) is 0.529. The van der Waals surface area contributed by atoms with Gasteiger partial charge in [0.15, 0.2) is 16.1 Å². The third kappa shape index (κ3) is 4.04. The zero-order valence-electron chi connectivity index (χ0n) is 15.5. The average molecular weight is 428 g/mol. The number of H-pyrrole nitrogens is 1. The number of methoxy groups -OCH3 is 1. The lowest BCUT2D eigenvalue weighted by molar-refractivity contribution is 0.0305. The van der Waals surface area contributed by atoms with Crippen LogP contribution in [0.1, 0.15) is 39.3 Å². The number of aromatic amines is 1. The lowest BCUT2D eigenvalue weighted by atomic mass is 9.85. The highest BCUT2D eigenvalue weighted by Crippen LogP contribution is 2.30. The number of Topliss-reactive ketones (excluding diaryl/α,β-unsaturated/α-hetero) is 1. The first-order valence-electron chi connectivity index (χ1n) is 8.86. The molecular formula is C17H22ClN5O4S. The molecule has 2 aromatic heterocycles. The van der Waals surface area contributed by atoms with Gasteiger partial charge in [-0.05, 0) is 12.8 Å². The smallest absolute Gasteiger partial charge is 0.347 e. The molecule has 0 aromatic carbocycles. The van der Waals surface area contributed by atoms with Crippen LogP contribution in [-0.4, -0.2) is 64.2 Å². The minimum Gasteiger partial charge on any atom is -0.477 e. The zero-order valence-corrected chi connectivity index (χ0v) is 17.1. The maximum absolute atomic E-state index is 12.8. The number of nitrogens with two attached hydrogens (primary N) is 1. The van der Waals surface area contributed by atoms with Gasteiger partial charge in [0.05, 0.1) is 24.0 Å². The average Bonchev–Trinajstić information content (AvgIpc) is 3.33. The molecule has 9 nitrogen and oxygen atoms in total. The van der Waals surface area contributed by atoms with E-state index in [2.05, 4.69) is 15.0 Å². The van der Waals surface area contributed by atoms with E-state index in [9.17, 15) is 9.59 Å². The highest BCUT2D eigenvalue weighted by Gasteiger charge is 2.38. The van der Waals surface area contributed by atoms with Crippen LogP contribution in [-0.2, 0) is 11.2 Å². The van der Waals surface area contributed by atoms with Gasteiger partial charge >= 0.3 is 5.97 Å². The Balaban J connectivity index is 1.72. The Bertz CT molecular complexity index is 870. The first-order valence-corrected chi connectivity index (χ1v) is 10.1. The molecule has 0 bridgehead atoms. The molecule has 1 saturated heterocycles. The van der Waals surface area contributed by atoms with Gasteiger partial charge in [0.1, 0.15) is 4.88 Å². The van der Waals surface area contributed by atoms with Gasteiger partial charge in [-0.25, -0.2) is 14.8 Å². The number of aromatic carboxylic acids is 1. The van der Waals surface area contributed by atoms with Gasteiger partial charge in [-0.1, -0.05) is 29.9 Å². The Morgan fingerprint density at radius 1 is 1.57 bits per heavy atom. The van der Waals surface area contributed by atoms with E-state index in [1.54, 1.807) is 7.11 Å². The van der Waals surface area contributed by atoms with Crippen LogP contribution in [0, 0.1) is 5.92 Å². The summed E-state index contributed by atoms with van der Waals surface area (Å²) in [4.78, 5) is 37.2. The number of aryl methyl sites for hydroxylation is 1. The van der Waals surface area contributed by atoms with Crippen LogP contribution in [0.4, 0.5) is 5.13 Å². The van der Waals surface area contributed by atoms with Crippen molar-refractivity contribution < 1.29 is 19.4 Å². The van der Waals surface area contributed by atoms with Gasteiger partial charge in [0.25, 0.3) is 0 Å². The van der Waals surface area contributed by atoms with Crippen LogP contribution in [0.5, 0.6) is 0 Å². The summed E-state index contributed by atoms with van der Waals surface area (Å²) in [6.45, 7) is 2.98. The van der Waals surface area contributed by atoms with E-state index in [1.807, 2.05) is 11.8 Å². The lowest BCUT2D eigenvalue weighted by Gasteiger charge is -2.39. The van der Waals surface area contributed by atoms with E-state index in [1.165, 1.54) is 6.20 Å². The summed E-state index contributed by atoms with van der Waals surface area (Å²) < 4.78 is 5.60. The summed E-state index contributed by atoms with van der Waals surface area (Å²) in [5.74, 6) is -1.35. The summed E-state index contributed by atoms with van der Waals surface area (Å²) in [5, 5.41) is 9.97. The fourth-order valence-corrected chi connectivity index (χ4v) is 4.43. The van der Waals surface area contributed by atoms with Crippen LogP contribution in [0.15, 0.2) is 6.20 Å². The number of aromatic nitrogens is 3. The van der Waals surface area contributed by atoms with Gasteiger partial charge in [0.2, 0.25) is 5.78 Å². The molecule has 4 N–H and O–H groups in total. The van der Waals surface area contributed by atoms with Crippen molar-refractivity contribution in [2.24, 2.45) is 11.7 Å². The van der Waals surface area contributed by atoms with E-state index in [0.29, 0.717) is 36.8 Å². The number of carboxylic acid groups (broad SMARTS) is 1. The maximum Gasteiger partial charge on any atom is 0.347 e. The van der Waals surface area contributed by atoms with Crippen molar-refractivity contribution in [2.75, 3.05) is 25.1 Å². The van der Waals surface area contributed by atoms with Crippen LogP contribution >= 0.6 is 22.9 Å². The Morgan fingerprint density at radius 2 is 2.32 bits per heavy atom. The van der Waals surface area contributed by atoms with E-state index in [4.69, 9.17) is 27.2 Å². The Morgan fingerprint density at radius 3 is 2.89 bits per heavy atom. The van der Waals surface area contributed by atoms with Gasteiger partial charge in [0, 0.05) is 26.1 Å². The van der Waals surface area contributed by atoms with Crippen molar-refractivity contribution >= 4 is 39.8 Å². The van der Waals surface area contributed by atoms with Crippen LogP contribution in [0.2, 0.25) is 5.15 Å². The predicted octanol–water partition coefficient (Wildman–Crippen LogP) is 1.83. The summed E-state index contributed by atoms with van der Waals surface area (Å²) in [7, 11) is 1.57. The molecule has 0 aliphatic carbocycles. The molecule has 2 unspecified atom stereocenters. The highest BCUT2D eigenvalue weighted by atomic mass is 35.5. The number of nitrogens with one attached hydrogen (secondary N) is 1. The van der Waals surface area contributed by atoms with Crippen molar-refractivity contribution in [2.45, 2.75) is 31.9 Å². The highest BCUT2D eigenvalue weighted by molar-refractivity contribution is 7.17. The summed E-state index contributed by atoms with van der Waals surface area (Å²) in [6.07, 6.45) is 2.28. The number of carboxylic acids is 1. The molecular weight excluding hydrogens is 406 g/mol. The molecule has 11 heteroatoms. The third-order valence-corrected chi connectivity index (χ3v) is 6.33. The molecule has 3 rings (SSSR count). The molecule has 1 fully saturated rings. The molecule has 28 heavy (non-hydrogen) atoms. The predicted molar refractivity (Wildman–Crippen MR) is 105 cm³/mol. The molecule has 3 heterocycles. The Labute approximate surface area is 170 Å². The molecule has 0 radical (unpaired) electrons. The molecule has 3 atom stereocenters. The second-order valence-electron chi connectivity index (χ2n) is 6.58. The van der Waals surface area contributed by atoms with E-state index in [0.717, 1.165) is 11.3 Å². The minimum absolute atomic E-state index is 0.164. The quantitative estimate of drug-likeness (QED) is 0.569. The van der Waals surface area contributed by atoms with Crippen LogP contribution < -0.4 is 10.6 Å². The largest absolute Gasteiger partial charge is 0.477 e. The number of carbonyl (C=O) groups excluding carboxylic acids is 1. The zero-order chi connectivity index (χ0) is 20.4. The maximum atomic E-state index is 12.8. The van der Waals surface area contributed by atoms with Gasteiger partial charge in [-0.2, -0.15) is 0 Å². The number of halogens is 1. The summed E-state index contributed by atoms with van der Waals surface area (Å²) in [6, 6.07) is -0.787. The molecule has 1 aliphatic heterocycles. The standard InChI is InChI=1S/C17H22ClN5O4S/c1-3-9-14(18)22-15(21-9)13(24)12(19)8-4-5-23(7-10(8)27-2)17-20-6-11(28-17)16(25)26/h6,8,10,12H,3-5,7,19H2,1-2H3,(H,21,22)(H,25,26)/t8?,10-,12?/m0/s1. The molecule has 1 aliphatic rings. The molecule has 0 saturated carbocycles. The lowest BCUT2D eigenvalue weighted by Crippen LogP contribution is -2.53. The number of piperidine rings is 1. The molecule has 152 valence electrons. The number of hydrogen-bond donors (Lipinski definition) is 3. The normalized spacial score (nSPS) is 20.9. The van der Waals surface area contributed by atoms with E-state index >= 15 is 0 Å². The third-order valence-electron chi connectivity index (χ3n) is 4.97. The number of hydrogen-bond acceptors (Lipinski definition) is 8. The van der Waals surface area contributed by atoms with E-state index in [-0.39, 0.29) is 33.7 Å². The number of nitrogens with zero attached hydrogens (tertiary/aromatic N) is 3. The fourth-order valence-electron chi connectivity index (χ4n) is 3.37. The SMILES string of the molecule is CCc1[nH]c(C(=O)C(N)C2CCN(c3ncc(C(=O)O)s3)C[C@@H]2OC)nc1Cl. The first-order chi connectivity index (χ1) is 13.3. The monoisotopic (exact) mass is 427 g/mol. The number of rotatable bonds is 7. The molecule has 2 aromatic rings. The van der Waals surface area contributed by atoms with Crippen molar-refractivity contribution in [3.63, 3.8) is 0 Å². The first kappa shape index (κ1) is 20.7. The second kappa shape index (κ2) is 8.56. The van der Waals surface area contributed by atoms with E-state index < -0.39 is 12.0 Å². The molecule has 0 spiro atoms. The number of ether oxygens (including phenoxy) is 1. The van der Waals surface area contributed by atoms with Crippen LogP contribution in [0.25, 0.3) is 0 Å². The summed E-state index contributed by atoms with van der Waals surface area (Å²) in [5.41, 5.74) is 6.98. The number of anilines is 1. The number of carbonyl (C=O) groups is 2. The number of ketones is 1. The van der Waals surface area contributed by atoms with Gasteiger partial charge in [-0.15, -0.1) is 0 Å². The Kier molecular flexibility index (Phi) is 6.33. The van der Waals surface area contributed by atoms with Gasteiger partial charge < -0.3 is 25.5 Å². The number of thiazole rings is 1. The van der Waals surface area contributed by atoms with Crippen molar-refractivity contribution in [1.29, 1.82) is 0 Å². The second-order valence-corrected chi connectivity index (χ2v) is 7.95. The van der Waals surface area contributed by atoms with Crippen molar-refractivity contribution in [3.8, 4) is 0 Å².